The lowest BCUT2D eigenvalue weighted by atomic mass is 10.0. The van der Waals surface area contributed by atoms with Crippen molar-refractivity contribution in [3.05, 3.63) is 118 Å². The molecule has 0 radical (unpaired) electrons. The van der Waals surface area contributed by atoms with Crippen molar-refractivity contribution in [2.24, 2.45) is 0 Å². The van der Waals surface area contributed by atoms with E-state index in [9.17, 15) is 9.59 Å². The lowest BCUT2D eigenvalue weighted by Gasteiger charge is -2.08. The molecule has 1 amide bonds. The Morgan fingerprint density at radius 1 is 0.757 bits per heavy atom. The number of para-hydroxylation sites is 1. The molecule has 0 aliphatic carbocycles. The quantitative estimate of drug-likeness (QED) is 0.268. The van der Waals surface area contributed by atoms with Crippen LogP contribution in [0.2, 0.25) is 0 Å². The number of oxazole rings is 1. The third-order valence-electron chi connectivity index (χ3n) is 6.45. The first-order chi connectivity index (χ1) is 17.9. The number of anilines is 1. The van der Waals surface area contributed by atoms with Gasteiger partial charge in [-0.25, -0.2) is 9.78 Å². The van der Waals surface area contributed by atoms with Gasteiger partial charge in [-0.2, -0.15) is 0 Å². The largest absolute Gasteiger partial charge is 0.436 e. The van der Waals surface area contributed by atoms with Gasteiger partial charge in [0.15, 0.2) is 5.58 Å². The van der Waals surface area contributed by atoms with E-state index >= 15 is 0 Å². The van der Waals surface area contributed by atoms with Gasteiger partial charge in [-0.15, -0.1) is 0 Å². The molecule has 6 rings (SSSR count). The molecule has 0 saturated heterocycles. The SMILES string of the molecule is Cc1cc2nc(-c3cccc(NC(=O)c4cccc(-c5cc6ccccc6oc5=O)c4)c3)oc2cc1C. The van der Waals surface area contributed by atoms with E-state index in [-0.39, 0.29) is 5.91 Å². The fourth-order valence-corrected chi connectivity index (χ4v) is 4.33. The summed E-state index contributed by atoms with van der Waals surface area (Å²) in [5, 5.41) is 3.75. The zero-order valence-electron chi connectivity index (χ0n) is 20.2. The van der Waals surface area contributed by atoms with Crippen molar-refractivity contribution in [1.82, 2.24) is 4.98 Å². The number of aromatic nitrogens is 1. The van der Waals surface area contributed by atoms with E-state index in [0.29, 0.717) is 33.9 Å². The summed E-state index contributed by atoms with van der Waals surface area (Å²) in [6, 6.07) is 27.4. The second-order valence-electron chi connectivity index (χ2n) is 9.02. The van der Waals surface area contributed by atoms with E-state index in [1.165, 1.54) is 0 Å². The molecule has 0 aliphatic rings. The van der Waals surface area contributed by atoms with Gasteiger partial charge in [0.1, 0.15) is 11.1 Å². The maximum atomic E-state index is 13.1. The number of amides is 1. The first kappa shape index (κ1) is 22.5. The van der Waals surface area contributed by atoms with Crippen LogP contribution in [0.1, 0.15) is 21.5 Å². The number of rotatable bonds is 4. The highest BCUT2D eigenvalue weighted by molar-refractivity contribution is 6.05. The van der Waals surface area contributed by atoms with Crippen LogP contribution in [0, 0.1) is 13.8 Å². The molecule has 0 bridgehead atoms. The topological polar surface area (TPSA) is 85.3 Å². The van der Waals surface area contributed by atoms with Crippen molar-refractivity contribution in [2.45, 2.75) is 13.8 Å². The van der Waals surface area contributed by atoms with Crippen LogP contribution in [0.25, 0.3) is 44.7 Å². The fraction of sp³-hybridized carbons (Fsp3) is 0.0645. The molecule has 0 fully saturated rings. The molecular formula is C31H22N2O4. The van der Waals surface area contributed by atoms with Crippen LogP contribution in [0.4, 0.5) is 5.69 Å². The number of nitrogens with one attached hydrogen (secondary N) is 1. The van der Waals surface area contributed by atoms with E-state index in [1.54, 1.807) is 42.5 Å². The molecule has 0 saturated carbocycles. The van der Waals surface area contributed by atoms with Gasteiger partial charge in [0.25, 0.3) is 5.91 Å². The minimum absolute atomic E-state index is 0.298. The smallest absolute Gasteiger partial charge is 0.344 e. The van der Waals surface area contributed by atoms with Crippen molar-refractivity contribution < 1.29 is 13.6 Å². The predicted octanol–water partition coefficient (Wildman–Crippen LogP) is 7.14. The van der Waals surface area contributed by atoms with Crippen molar-refractivity contribution in [2.75, 3.05) is 5.32 Å². The highest BCUT2D eigenvalue weighted by Gasteiger charge is 2.14. The number of hydrogen-bond acceptors (Lipinski definition) is 5. The maximum absolute atomic E-state index is 13.1. The molecule has 4 aromatic carbocycles. The lowest BCUT2D eigenvalue weighted by Crippen LogP contribution is -2.12. The molecule has 1 N–H and O–H groups in total. The third-order valence-corrected chi connectivity index (χ3v) is 6.45. The number of aryl methyl sites for hydroxylation is 2. The Balaban J connectivity index is 1.28. The zero-order chi connectivity index (χ0) is 25.5. The van der Waals surface area contributed by atoms with Crippen molar-refractivity contribution >= 4 is 33.7 Å². The molecule has 2 heterocycles. The normalized spacial score (nSPS) is 11.2. The molecule has 0 unspecified atom stereocenters. The Hall–Kier alpha value is -4.97. The molecule has 6 aromatic rings. The monoisotopic (exact) mass is 486 g/mol. The third kappa shape index (κ3) is 4.29. The standard InChI is InChI=1S/C31H22N2O4/c1-18-13-26-28(14-19(18)2)36-30(33-26)23-10-6-11-24(16-23)32-29(34)22-9-5-8-20(15-22)25-17-21-7-3-4-12-27(21)37-31(25)35/h3-17H,1-2H3,(H,32,34). The summed E-state index contributed by atoms with van der Waals surface area (Å²) in [5.41, 5.74) is 6.67. The first-order valence-corrected chi connectivity index (χ1v) is 11.9. The molecule has 37 heavy (non-hydrogen) atoms. The summed E-state index contributed by atoms with van der Waals surface area (Å²) in [4.78, 5) is 30.3. The second kappa shape index (κ2) is 8.91. The van der Waals surface area contributed by atoms with Crippen molar-refractivity contribution in [3.63, 3.8) is 0 Å². The first-order valence-electron chi connectivity index (χ1n) is 11.9. The fourth-order valence-electron chi connectivity index (χ4n) is 4.33. The van der Waals surface area contributed by atoms with Crippen LogP contribution < -0.4 is 10.9 Å². The van der Waals surface area contributed by atoms with Gasteiger partial charge in [-0.05, 0) is 85.1 Å². The van der Waals surface area contributed by atoms with Crippen molar-refractivity contribution in [3.8, 4) is 22.6 Å². The summed E-state index contributed by atoms with van der Waals surface area (Å²) in [7, 11) is 0. The van der Waals surface area contributed by atoms with Gasteiger partial charge in [0, 0.05) is 22.2 Å². The van der Waals surface area contributed by atoms with Crippen LogP contribution in [0.5, 0.6) is 0 Å². The summed E-state index contributed by atoms with van der Waals surface area (Å²) >= 11 is 0. The predicted molar refractivity (Wildman–Crippen MR) is 145 cm³/mol. The minimum Gasteiger partial charge on any atom is -0.436 e. The van der Waals surface area contributed by atoms with Crippen LogP contribution >= 0.6 is 0 Å². The summed E-state index contributed by atoms with van der Waals surface area (Å²) in [6.45, 7) is 4.08. The number of fused-ring (bicyclic) bond motifs is 2. The van der Waals surface area contributed by atoms with E-state index in [1.807, 2.05) is 62.4 Å². The summed E-state index contributed by atoms with van der Waals surface area (Å²) in [5.74, 6) is 0.189. The average Bonchev–Trinajstić information content (AvgIpc) is 3.31. The van der Waals surface area contributed by atoms with Gasteiger partial charge in [-0.3, -0.25) is 4.79 Å². The number of hydrogen-bond donors (Lipinski definition) is 1. The number of nitrogens with zero attached hydrogens (tertiary/aromatic N) is 1. The van der Waals surface area contributed by atoms with Gasteiger partial charge in [0.05, 0.1) is 5.56 Å². The van der Waals surface area contributed by atoms with Gasteiger partial charge < -0.3 is 14.2 Å². The Bertz CT molecular complexity index is 1840. The van der Waals surface area contributed by atoms with Crippen LogP contribution in [-0.2, 0) is 0 Å². The molecule has 0 atom stereocenters. The Kier molecular flexibility index (Phi) is 5.42. The molecule has 2 aromatic heterocycles. The highest BCUT2D eigenvalue weighted by atomic mass is 16.4. The van der Waals surface area contributed by atoms with Crippen LogP contribution in [-0.4, -0.2) is 10.9 Å². The van der Waals surface area contributed by atoms with Gasteiger partial charge in [-0.1, -0.05) is 36.4 Å². The van der Waals surface area contributed by atoms with Gasteiger partial charge >= 0.3 is 5.63 Å². The zero-order valence-corrected chi connectivity index (χ0v) is 20.2. The van der Waals surface area contributed by atoms with Crippen molar-refractivity contribution in [1.29, 1.82) is 0 Å². The molecule has 0 spiro atoms. The number of benzene rings is 4. The number of carbonyl (C=O) groups is 1. The molecule has 180 valence electrons. The van der Waals surface area contributed by atoms with E-state index in [4.69, 9.17) is 8.83 Å². The molecular weight excluding hydrogens is 464 g/mol. The van der Waals surface area contributed by atoms with Crippen LogP contribution in [0.15, 0.2) is 105 Å². The summed E-state index contributed by atoms with van der Waals surface area (Å²) in [6.07, 6.45) is 0. The minimum atomic E-state index is -0.451. The number of carbonyl (C=O) groups excluding carboxylic acids is 1. The van der Waals surface area contributed by atoms with Crippen LogP contribution in [0.3, 0.4) is 0 Å². The Labute approximate surface area is 212 Å². The average molecular weight is 487 g/mol. The molecule has 0 aliphatic heterocycles. The molecule has 6 nitrogen and oxygen atoms in total. The Morgan fingerprint density at radius 2 is 1.54 bits per heavy atom. The van der Waals surface area contributed by atoms with E-state index in [2.05, 4.69) is 10.3 Å². The van der Waals surface area contributed by atoms with E-state index in [0.717, 1.165) is 33.2 Å². The second-order valence-corrected chi connectivity index (χ2v) is 9.02. The molecule has 6 heteroatoms. The maximum Gasteiger partial charge on any atom is 0.344 e. The Morgan fingerprint density at radius 3 is 2.43 bits per heavy atom. The van der Waals surface area contributed by atoms with E-state index < -0.39 is 5.63 Å². The summed E-state index contributed by atoms with van der Waals surface area (Å²) < 4.78 is 11.4. The van der Waals surface area contributed by atoms with Gasteiger partial charge in [0.2, 0.25) is 5.89 Å². The lowest BCUT2D eigenvalue weighted by molar-refractivity contribution is 0.102. The highest BCUT2D eigenvalue weighted by Crippen LogP contribution is 2.28.